The van der Waals surface area contributed by atoms with Crippen LogP contribution in [0, 0.1) is 13.8 Å². The maximum atomic E-state index is 12.5. The molecule has 2 heterocycles. The zero-order valence-corrected chi connectivity index (χ0v) is 16.0. The van der Waals surface area contributed by atoms with Crippen molar-refractivity contribution in [1.29, 1.82) is 0 Å². The van der Waals surface area contributed by atoms with Gasteiger partial charge in [0.1, 0.15) is 18.1 Å². The van der Waals surface area contributed by atoms with Gasteiger partial charge in [-0.3, -0.25) is 4.79 Å². The number of ether oxygens (including phenoxy) is 1. The molecule has 0 unspecified atom stereocenters. The lowest BCUT2D eigenvalue weighted by atomic mass is 10.1. The third-order valence-corrected chi connectivity index (χ3v) is 4.52. The zero-order chi connectivity index (χ0) is 20.2. The van der Waals surface area contributed by atoms with Crippen molar-refractivity contribution in [3.63, 3.8) is 0 Å². The van der Waals surface area contributed by atoms with Crippen LogP contribution in [0.15, 0.2) is 70.1 Å². The Labute approximate surface area is 167 Å². The standard InChI is InChI=1S/C22H19N3O4/c1-14-20(15(2)29-25-14)12-27-19-8-6-16(7-9-19)22(26)24-18-5-3-4-17(10-18)21-11-23-13-28-21/h3-11,13H,12H2,1-2H3,(H,24,26). The summed E-state index contributed by atoms with van der Waals surface area (Å²) in [7, 11) is 0. The second-order valence-electron chi connectivity index (χ2n) is 6.52. The number of rotatable bonds is 6. The molecule has 2 aromatic heterocycles. The summed E-state index contributed by atoms with van der Waals surface area (Å²) in [6.07, 6.45) is 3.00. The Morgan fingerprint density at radius 2 is 1.97 bits per heavy atom. The van der Waals surface area contributed by atoms with Gasteiger partial charge in [0.15, 0.2) is 12.2 Å². The number of aromatic nitrogens is 2. The van der Waals surface area contributed by atoms with Crippen LogP contribution in [0.4, 0.5) is 5.69 Å². The van der Waals surface area contributed by atoms with E-state index in [9.17, 15) is 4.79 Å². The van der Waals surface area contributed by atoms with Crippen LogP contribution < -0.4 is 10.1 Å². The molecule has 1 N–H and O–H groups in total. The number of benzene rings is 2. The van der Waals surface area contributed by atoms with Crippen molar-refractivity contribution >= 4 is 11.6 Å². The number of amides is 1. The summed E-state index contributed by atoms with van der Waals surface area (Å²) in [4.78, 5) is 16.5. The number of nitrogens with one attached hydrogen (secondary N) is 1. The van der Waals surface area contributed by atoms with Gasteiger partial charge >= 0.3 is 0 Å². The first-order valence-corrected chi connectivity index (χ1v) is 9.05. The Morgan fingerprint density at radius 1 is 1.14 bits per heavy atom. The molecular formula is C22H19N3O4. The summed E-state index contributed by atoms with van der Waals surface area (Å²) < 4.78 is 16.2. The van der Waals surface area contributed by atoms with Crippen molar-refractivity contribution in [2.45, 2.75) is 20.5 Å². The lowest BCUT2D eigenvalue weighted by molar-refractivity contribution is 0.102. The molecule has 0 saturated heterocycles. The van der Waals surface area contributed by atoms with Crippen molar-refractivity contribution in [2.24, 2.45) is 0 Å². The highest BCUT2D eigenvalue weighted by molar-refractivity contribution is 6.04. The molecule has 0 bridgehead atoms. The molecule has 0 fully saturated rings. The van der Waals surface area contributed by atoms with Crippen LogP contribution in [0.1, 0.15) is 27.4 Å². The van der Waals surface area contributed by atoms with E-state index in [-0.39, 0.29) is 5.91 Å². The first kappa shape index (κ1) is 18.5. The molecule has 0 aliphatic rings. The molecule has 4 aromatic rings. The molecule has 146 valence electrons. The van der Waals surface area contributed by atoms with E-state index < -0.39 is 0 Å². The highest BCUT2D eigenvalue weighted by Gasteiger charge is 2.11. The van der Waals surface area contributed by atoms with Gasteiger partial charge in [-0.05, 0) is 50.2 Å². The molecule has 2 aromatic carbocycles. The van der Waals surface area contributed by atoms with Gasteiger partial charge in [-0.1, -0.05) is 17.3 Å². The third-order valence-electron chi connectivity index (χ3n) is 4.52. The smallest absolute Gasteiger partial charge is 0.255 e. The van der Waals surface area contributed by atoms with E-state index >= 15 is 0 Å². The lowest BCUT2D eigenvalue weighted by Crippen LogP contribution is -2.11. The monoisotopic (exact) mass is 389 g/mol. The van der Waals surface area contributed by atoms with E-state index in [0.717, 1.165) is 22.6 Å². The van der Waals surface area contributed by atoms with E-state index in [1.165, 1.54) is 6.39 Å². The minimum Gasteiger partial charge on any atom is -0.489 e. The maximum absolute atomic E-state index is 12.5. The van der Waals surface area contributed by atoms with E-state index in [0.29, 0.717) is 29.4 Å². The normalized spacial score (nSPS) is 10.7. The number of carbonyl (C=O) groups is 1. The van der Waals surface area contributed by atoms with E-state index in [1.807, 2.05) is 38.1 Å². The summed E-state index contributed by atoms with van der Waals surface area (Å²) >= 11 is 0. The number of hydrogen-bond donors (Lipinski definition) is 1. The van der Waals surface area contributed by atoms with Crippen molar-refractivity contribution in [2.75, 3.05) is 5.32 Å². The van der Waals surface area contributed by atoms with Crippen LogP contribution in [-0.2, 0) is 6.61 Å². The SMILES string of the molecule is Cc1noc(C)c1COc1ccc(C(=O)Nc2cccc(-c3cnco3)c2)cc1. The quantitative estimate of drug-likeness (QED) is 0.510. The largest absolute Gasteiger partial charge is 0.489 e. The van der Waals surface area contributed by atoms with Crippen LogP contribution in [0.25, 0.3) is 11.3 Å². The first-order valence-electron chi connectivity index (χ1n) is 9.05. The molecule has 7 nitrogen and oxygen atoms in total. The van der Waals surface area contributed by atoms with Crippen LogP contribution in [0.5, 0.6) is 5.75 Å². The second-order valence-corrected chi connectivity index (χ2v) is 6.52. The maximum Gasteiger partial charge on any atom is 0.255 e. The molecule has 1 amide bonds. The van der Waals surface area contributed by atoms with Crippen LogP contribution in [-0.4, -0.2) is 16.0 Å². The summed E-state index contributed by atoms with van der Waals surface area (Å²) in [6, 6.07) is 14.4. The van der Waals surface area contributed by atoms with Crippen LogP contribution in [0.2, 0.25) is 0 Å². The molecule has 0 atom stereocenters. The average molecular weight is 389 g/mol. The van der Waals surface area contributed by atoms with Crippen LogP contribution in [0.3, 0.4) is 0 Å². The Morgan fingerprint density at radius 3 is 2.66 bits per heavy atom. The molecular weight excluding hydrogens is 370 g/mol. The van der Waals surface area contributed by atoms with Gasteiger partial charge in [0.2, 0.25) is 0 Å². The first-order chi connectivity index (χ1) is 14.1. The summed E-state index contributed by atoms with van der Waals surface area (Å²) in [5.74, 6) is 1.83. The summed E-state index contributed by atoms with van der Waals surface area (Å²) in [5, 5.41) is 6.80. The van der Waals surface area contributed by atoms with Crippen molar-refractivity contribution in [3.05, 3.63) is 83.7 Å². The number of aryl methyl sites for hydroxylation is 2. The third kappa shape index (κ3) is 4.19. The molecule has 0 aliphatic carbocycles. The fourth-order valence-corrected chi connectivity index (χ4v) is 2.88. The number of hydrogen-bond acceptors (Lipinski definition) is 6. The molecule has 0 aliphatic heterocycles. The van der Waals surface area contributed by atoms with E-state index in [1.54, 1.807) is 30.5 Å². The van der Waals surface area contributed by atoms with Crippen molar-refractivity contribution in [3.8, 4) is 17.1 Å². The highest BCUT2D eigenvalue weighted by Crippen LogP contribution is 2.23. The Balaban J connectivity index is 1.40. The minimum absolute atomic E-state index is 0.211. The Kier molecular flexibility index (Phi) is 5.11. The number of nitrogens with zero attached hydrogens (tertiary/aromatic N) is 2. The molecule has 0 spiro atoms. The molecule has 4 rings (SSSR count). The molecule has 0 radical (unpaired) electrons. The van der Waals surface area contributed by atoms with Gasteiger partial charge in [0.25, 0.3) is 5.91 Å². The molecule has 29 heavy (non-hydrogen) atoms. The van der Waals surface area contributed by atoms with E-state index in [2.05, 4.69) is 15.5 Å². The predicted molar refractivity (Wildman–Crippen MR) is 107 cm³/mol. The number of oxazole rings is 1. The molecule has 0 saturated carbocycles. The second kappa shape index (κ2) is 8.02. The average Bonchev–Trinajstić information content (AvgIpc) is 3.38. The highest BCUT2D eigenvalue weighted by atomic mass is 16.5. The predicted octanol–water partition coefficient (Wildman–Crippen LogP) is 4.78. The summed E-state index contributed by atoms with van der Waals surface area (Å²) in [5.41, 5.74) is 3.77. The Bertz CT molecular complexity index is 1100. The van der Waals surface area contributed by atoms with Crippen LogP contribution >= 0.6 is 0 Å². The van der Waals surface area contributed by atoms with Gasteiger partial charge < -0.3 is 19.0 Å². The van der Waals surface area contributed by atoms with Crippen molar-refractivity contribution in [1.82, 2.24) is 10.1 Å². The summed E-state index contributed by atoms with van der Waals surface area (Å²) in [6.45, 7) is 4.09. The minimum atomic E-state index is -0.211. The van der Waals surface area contributed by atoms with Gasteiger partial charge in [0.05, 0.1) is 17.5 Å². The van der Waals surface area contributed by atoms with Gasteiger partial charge in [-0.15, -0.1) is 0 Å². The van der Waals surface area contributed by atoms with Crippen molar-refractivity contribution < 1.29 is 18.5 Å². The number of carbonyl (C=O) groups excluding carboxylic acids is 1. The zero-order valence-electron chi connectivity index (χ0n) is 16.0. The van der Waals surface area contributed by atoms with Gasteiger partial charge in [-0.2, -0.15) is 0 Å². The van der Waals surface area contributed by atoms with Gasteiger partial charge in [-0.25, -0.2) is 4.98 Å². The topological polar surface area (TPSA) is 90.4 Å². The number of anilines is 1. The molecule has 7 heteroatoms. The lowest BCUT2D eigenvalue weighted by Gasteiger charge is -2.09. The fraction of sp³-hybridized carbons (Fsp3) is 0.136. The van der Waals surface area contributed by atoms with Gasteiger partial charge in [0, 0.05) is 16.8 Å². The Hall–Kier alpha value is -3.87. The fourth-order valence-electron chi connectivity index (χ4n) is 2.88. The van der Waals surface area contributed by atoms with E-state index in [4.69, 9.17) is 13.7 Å².